The van der Waals surface area contributed by atoms with Crippen molar-refractivity contribution in [2.45, 2.75) is 44.9 Å². The molecule has 1 saturated heterocycles. The zero-order valence-corrected chi connectivity index (χ0v) is 11.5. The highest BCUT2D eigenvalue weighted by Crippen LogP contribution is 2.24. The second-order valence-corrected chi connectivity index (χ2v) is 5.68. The lowest BCUT2D eigenvalue weighted by atomic mass is 9.94. The van der Waals surface area contributed by atoms with Crippen LogP contribution in [0.2, 0.25) is 0 Å². The molecule has 2 N–H and O–H groups in total. The van der Waals surface area contributed by atoms with Crippen LogP contribution in [0.1, 0.15) is 42.6 Å². The van der Waals surface area contributed by atoms with Crippen molar-refractivity contribution in [1.29, 1.82) is 0 Å². The van der Waals surface area contributed by atoms with Gasteiger partial charge in [0, 0.05) is 19.2 Å². The van der Waals surface area contributed by atoms with Gasteiger partial charge >= 0.3 is 5.97 Å². The lowest BCUT2D eigenvalue weighted by Crippen LogP contribution is -2.43. The Hall–Kier alpha value is -1.39. The maximum absolute atomic E-state index is 10.9. The van der Waals surface area contributed by atoms with Crippen molar-refractivity contribution in [2.75, 3.05) is 6.61 Å². The maximum Gasteiger partial charge on any atom is 0.335 e. The Morgan fingerprint density at radius 1 is 1.53 bits per heavy atom. The average Bonchev–Trinajstić information content (AvgIpc) is 2.35. The Bertz CT molecular complexity index is 456. The summed E-state index contributed by atoms with van der Waals surface area (Å²) in [6.07, 6.45) is 1.98. The van der Waals surface area contributed by atoms with Crippen LogP contribution in [-0.2, 0) is 11.3 Å². The maximum atomic E-state index is 10.9. The van der Waals surface area contributed by atoms with Crippen LogP contribution in [0.5, 0.6) is 0 Å². The third-order valence-corrected chi connectivity index (χ3v) is 3.47. The number of aromatic carboxylic acids is 1. The van der Waals surface area contributed by atoms with Gasteiger partial charge in [-0.15, -0.1) is 0 Å². The lowest BCUT2D eigenvalue weighted by Gasteiger charge is -2.36. The molecule has 0 aromatic heterocycles. The van der Waals surface area contributed by atoms with Gasteiger partial charge in [0.2, 0.25) is 0 Å². The molecule has 0 amide bonds. The molecule has 104 valence electrons. The normalized spacial score (nSPS) is 22.1. The van der Waals surface area contributed by atoms with Gasteiger partial charge in [-0.25, -0.2) is 4.79 Å². The van der Waals surface area contributed by atoms with Crippen molar-refractivity contribution in [1.82, 2.24) is 5.32 Å². The summed E-state index contributed by atoms with van der Waals surface area (Å²) >= 11 is 0. The molecule has 0 bridgehead atoms. The number of benzene rings is 1. The molecular formula is C15H21NO3. The van der Waals surface area contributed by atoms with Gasteiger partial charge in [-0.3, -0.25) is 0 Å². The lowest BCUT2D eigenvalue weighted by molar-refractivity contribution is -0.0630. The minimum Gasteiger partial charge on any atom is -0.478 e. The van der Waals surface area contributed by atoms with Gasteiger partial charge in [0.15, 0.2) is 0 Å². The number of ether oxygens (including phenoxy) is 1. The summed E-state index contributed by atoms with van der Waals surface area (Å²) in [5.41, 5.74) is 1.27. The number of hydrogen-bond acceptors (Lipinski definition) is 3. The number of carboxylic acids is 1. The highest BCUT2D eigenvalue weighted by atomic mass is 16.5. The average molecular weight is 263 g/mol. The van der Waals surface area contributed by atoms with Crippen LogP contribution in [0, 0.1) is 0 Å². The van der Waals surface area contributed by atoms with E-state index in [1.54, 1.807) is 18.2 Å². The Kier molecular flexibility index (Phi) is 4.22. The fourth-order valence-electron chi connectivity index (χ4n) is 2.48. The molecule has 1 fully saturated rings. The summed E-state index contributed by atoms with van der Waals surface area (Å²) < 4.78 is 5.68. The Balaban J connectivity index is 1.91. The van der Waals surface area contributed by atoms with Crippen LogP contribution in [0.25, 0.3) is 0 Å². The third-order valence-electron chi connectivity index (χ3n) is 3.47. The Morgan fingerprint density at radius 2 is 2.32 bits per heavy atom. The van der Waals surface area contributed by atoms with Gasteiger partial charge in [-0.1, -0.05) is 12.1 Å². The number of rotatable bonds is 4. The highest BCUT2D eigenvalue weighted by molar-refractivity contribution is 5.87. The second-order valence-electron chi connectivity index (χ2n) is 5.68. The van der Waals surface area contributed by atoms with E-state index < -0.39 is 5.97 Å². The van der Waals surface area contributed by atoms with Crippen LogP contribution >= 0.6 is 0 Å². The fourth-order valence-corrected chi connectivity index (χ4v) is 2.48. The molecule has 4 heteroatoms. The van der Waals surface area contributed by atoms with Crippen LogP contribution in [0.4, 0.5) is 0 Å². The van der Waals surface area contributed by atoms with E-state index >= 15 is 0 Å². The summed E-state index contributed by atoms with van der Waals surface area (Å²) in [5.74, 6) is -0.881. The molecule has 1 unspecified atom stereocenters. The third kappa shape index (κ3) is 4.04. The molecule has 1 heterocycles. The van der Waals surface area contributed by atoms with Crippen LogP contribution < -0.4 is 5.32 Å². The molecule has 2 rings (SSSR count). The first kappa shape index (κ1) is 14.0. The number of carbonyl (C=O) groups is 1. The van der Waals surface area contributed by atoms with Crippen LogP contribution in [0.3, 0.4) is 0 Å². The van der Waals surface area contributed by atoms with Gasteiger partial charge in [-0.2, -0.15) is 0 Å². The van der Waals surface area contributed by atoms with Crippen molar-refractivity contribution < 1.29 is 14.6 Å². The van der Waals surface area contributed by atoms with E-state index in [0.717, 1.165) is 25.0 Å². The molecular weight excluding hydrogens is 242 g/mol. The minimum atomic E-state index is -0.881. The largest absolute Gasteiger partial charge is 0.478 e. The molecule has 0 saturated carbocycles. The van der Waals surface area contributed by atoms with Crippen molar-refractivity contribution >= 4 is 5.97 Å². The van der Waals surface area contributed by atoms with E-state index in [1.807, 2.05) is 6.07 Å². The quantitative estimate of drug-likeness (QED) is 0.876. The molecule has 4 nitrogen and oxygen atoms in total. The number of carboxylic acid groups (broad SMARTS) is 1. The number of hydrogen-bond donors (Lipinski definition) is 2. The van der Waals surface area contributed by atoms with E-state index in [1.165, 1.54) is 0 Å². The van der Waals surface area contributed by atoms with E-state index in [4.69, 9.17) is 9.84 Å². The first-order valence-corrected chi connectivity index (χ1v) is 6.66. The predicted molar refractivity (Wildman–Crippen MR) is 73.3 cm³/mol. The van der Waals surface area contributed by atoms with Crippen molar-refractivity contribution in [3.8, 4) is 0 Å². The van der Waals surface area contributed by atoms with Crippen LogP contribution in [-0.4, -0.2) is 29.3 Å². The van der Waals surface area contributed by atoms with E-state index in [2.05, 4.69) is 19.2 Å². The smallest absolute Gasteiger partial charge is 0.335 e. The summed E-state index contributed by atoms with van der Waals surface area (Å²) in [6, 6.07) is 7.50. The molecule has 1 aromatic rings. The SMILES string of the molecule is CC1(C)CC(NCc2cccc(C(=O)O)c2)CCO1. The van der Waals surface area contributed by atoms with E-state index in [9.17, 15) is 4.79 Å². The highest BCUT2D eigenvalue weighted by Gasteiger charge is 2.28. The van der Waals surface area contributed by atoms with Gasteiger partial charge in [0.25, 0.3) is 0 Å². The molecule has 0 aliphatic carbocycles. The molecule has 0 radical (unpaired) electrons. The number of nitrogens with one attached hydrogen (secondary N) is 1. The zero-order chi connectivity index (χ0) is 13.9. The Morgan fingerprint density at radius 3 is 3.00 bits per heavy atom. The van der Waals surface area contributed by atoms with Gasteiger partial charge < -0.3 is 15.2 Å². The van der Waals surface area contributed by atoms with E-state index in [-0.39, 0.29) is 5.60 Å². The van der Waals surface area contributed by atoms with Crippen molar-refractivity contribution in [3.05, 3.63) is 35.4 Å². The fraction of sp³-hybridized carbons (Fsp3) is 0.533. The summed E-state index contributed by atoms with van der Waals surface area (Å²) in [5, 5.41) is 12.4. The van der Waals surface area contributed by atoms with Crippen molar-refractivity contribution in [3.63, 3.8) is 0 Å². The molecule has 1 aliphatic rings. The Labute approximate surface area is 113 Å². The molecule has 1 aliphatic heterocycles. The predicted octanol–water partition coefficient (Wildman–Crippen LogP) is 2.43. The molecule has 1 atom stereocenters. The van der Waals surface area contributed by atoms with Gasteiger partial charge in [-0.05, 0) is 44.4 Å². The molecule has 0 spiro atoms. The summed E-state index contributed by atoms with van der Waals surface area (Å²) in [7, 11) is 0. The molecule has 19 heavy (non-hydrogen) atoms. The van der Waals surface area contributed by atoms with Gasteiger partial charge in [0.05, 0.1) is 11.2 Å². The summed E-state index contributed by atoms with van der Waals surface area (Å²) in [6.45, 7) is 5.68. The molecule has 1 aromatic carbocycles. The zero-order valence-electron chi connectivity index (χ0n) is 11.5. The van der Waals surface area contributed by atoms with E-state index in [0.29, 0.717) is 18.2 Å². The van der Waals surface area contributed by atoms with Gasteiger partial charge in [0.1, 0.15) is 0 Å². The summed E-state index contributed by atoms with van der Waals surface area (Å²) in [4.78, 5) is 10.9. The monoisotopic (exact) mass is 263 g/mol. The minimum absolute atomic E-state index is 0.0706. The first-order valence-electron chi connectivity index (χ1n) is 6.66. The second kappa shape index (κ2) is 5.72. The standard InChI is InChI=1S/C15H21NO3/c1-15(2)9-13(6-7-19-15)16-10-11-4-3-5-12(8-11)14(17)18/h3-5,8,13,16H,6-7,9-10H2,1-2H3,(H,17,18). The first-order chi connectivity index (χ1) is 8.96. The topological polar surface area (TPSA) is 58.6 Å². The van der Waals surface area contributed by atoms with Crippen LogP contribution in [0.15, 0.2) is 24.3 Å². The van der Waals surface area contributed by atoms with Crippen molar-refractivity contribution in [2.24, 2.45) is 0 Å².